The van der Waals surface area contributed by atoms with Crippen LogP contribution in [-0.2, 0) is 33.4 Å². The Kier molecular flexibility index (Phi) is 18.6. The molecule has 0 amide bonds. The van der Waals surface area contributed by atoms with E-state index in [4.69, 9.17) is 14.2 Å². The Morgan fingerprint density at radius 2 is 1.34 bits per heavy atom. The number of thioether (sulfide) groups is 1. The first kappa shape index (κ1) is 39.0. The number of allylic oxidation sites excluding steroid dienone is 10. The van der Waals surface area contributed by atoms with E-state index in [0.29, 0.717) is 52.0 Å². The van der Waals surface area contributed by atoms with E-state index in [-0.39, 0.29) is 31.8 Å². The Balaban J connectivity index is 2.41. The van der Waals surface area contributed by atoms with Crippen LogP contribution < -0.4 is 0 Å². The van der Waals surface area contributed by atoms with Crippen molar-refractivity contribution in [1.82, 2.24) is 0 Å². The maximum atomic E-state index is 13.2. The molecule has 0 fully saturated rings. The van der Waals surface area contributed by atoms with Gasteiger partial charge in [-0.15, -0.1) is 13.2 Å². The molecule has 2 aliphatic rings. The van der Waals surface area contributed by atoms with E-state index in [9.17, 15) is 19.2 Å². The lowest BCUT2D eigenvalue weighted by Gasteiger charge is -2.14. The molecule has 0 saturated carbocycles. The van der Waals surface area contributed by atoms with Crippen molar-refractivity contribution < 1.29 is 33.4 Å². The summed E-state index contributed by atoms with van der Waals surface area (Å²) in [5.41, 5.74) is 2.77. The molecule has 0 bridgehead atoms. The summed E-state index contributed by atoms with van der Waals surface area (Å²) < 4.78 is 16.5. The predicted octanol–water partition coefficient (Wildman–Crippen LogP) is 8.84. The standard InChI is InChI=1S/C39H48O7S/c1-6-10-12-14-22-45-37(41)32-19-20-33(38(42)46-23-15-13-11-7-2)27-34(26-32)36(16-8-3)47-29(5)31-18-17-30(28-40)24-35(25-31)39(43)44-21-9-4/h6-7,16,18-19,24-28H,1-2,5,8-15,17,20-23H2,3-4H3. The second kappa shape index (κ2) is 22.4. The molecular formula is C39H48O7S. The minimum atomic E-state index is -0.513. The average Bonchev–Trinajstić information content (AvgIpc) is 3.44. The summed E-state index contributed by atoms with van der Waals surface area (Å²) in [6.45, 7) is 16.5. The summed E-state index contributed by atoms with van der Waals surface area (Å²) in [7, 11) is 0. The lowest BCUT2D eigenvalue weighted by atomic mass is 10.1. The number of hydrogen-bond acceptors (Lipinski definition) is 8. The molecule has 8 heteroatoms. The van der Waals surface area contributed by atoms with Gasteiger partial charge in [0.1, 0.15) is 6.29 Å². The highest BCUT2D eigenvalue weighted by Crippen LogP contribution is 2.38. The number of ether oxygens (including phenoxy) is 3. The first-order valence-corrected chi connectivity index (χ1v) is 17.1. The smallest absolute Gasteiger partial charge is 0.338 e. The van der Waals surface area contributed by atoms with Gasteiger partial charge in [-0.2, -0.15) is 0 Å². The van der Waals surface area contributed by atoms with Gasteiger partial charge in [-0.25, -0.2) is 14.4 Å². The van der Waals surface area contributed by atoms with Crippen molar-refractivity contribution in [2.45, 2.75) is 78.1 Å². The summed E-state index contributed by atoms with van der Waals surface area (Å²) in [6.07, 6.45) is 23.4. The van der Waals surface area contributed by atoms with E-state index >= 15 is 0 Å². The zero-order chi connectivity index (χ0) is 34.4. The Labute approximate surface area is 284 Å². The fourth-order valence-corrected chi connectivity index (χ4v) is 5.48. The second-order valence-corrected chi connectivity index (χ2v) is 12.0. The number of carbonyl (C=O) groups excluding carboxylic acids is 4. The SMILES string of the molecule is C=CCCCCOC(=O)C1=CCC(C(=O)OCCCCC=C)=CC(C(=CCC)SC(=C)C2=CCC(C=O)=CC(C(=O)OCCC)=C2)=C1. The molecule has 0 aromatic carbocycles. The van der Waals surface area contributed by atoms with E-state index < -0.39 is 17.9 Å². The van der Waals surface area contributed by atoms with Crippen LogP contribution >= 0.6 is 11.8 Å². The van der Waals surface area contributed by atoms with E-state index in [2.05, 4.69) is 19.7 Å². The molecule has 0 spiro atoms. The van der Waals surface area contributed by atoms with Crippen LogP contribution in [0.3, 0.4) is 0 Å². The largest absolute Gasteiger partial charge is 0.462 e. The van der Waals surface area contributed by atoms with Crippen molar-refractivity contribution in [3.63, 3.8) is 0 Å². The van der Waals surface area contributed by atoms with Crippen molar-refractivity contribution in [3.8, 4) is 0 Å². The lowest BCUT2D eigenvalue weighted by Crippen LogP contribution is -2.09. The number of aldehydes is 1. The maximum absolute atomic E-state index is 13.2. The van der Waals surface area contributed by atoms with Gasteiger partial charge in [-0.05, 0) is 105 Å². The molecular weight excluding hydrogens is 612 g/mol. The molecule has 0 aromatic rings. The number of carbonyl (C=O) groups is 4. The zero-order valence-corrected chi connectivity index (χ0v) is 28.7. The topological polar surface area (TPSA) is 96.0 Å². The third kappa shape index (κ3) is 14.0. The Morgan fingerprint density at radius 1 is 0.745 bits per heavy atom. The van der Waals surface area contributed by atoms with Gasteiger partial charge >= 0.3 is 17.9 Å². The highest BCUT2D eigenvalue weighted by molar-refractivity contribution is 8.07. The molecule has 2 rings (SSSR count). The summed E-state index contributed by atoms with van der Waals surface area (Å²) in [4.78, 5) is 52.1. The number of hydrogen-bond donors (Lipinski definition) is 0. The average molecular weight is 661 g/mol. The molecule has 0 heterocycles. The van der Waals surface area contributed by atoms with Crippen molar-refractivity contribution in [3.05, 3.63) is 118 Å². The maximum Gasteiger partial charge on any atom is 0.338 e. The fourth-order valence-electron chi connectivity index (χ4n) is 4.47. The van der Waals surface area contributed by atoms with Crippen LogP contribution in [0.15, 0.2) is 118 Å². The predicted molar refractivity (Wildman–Crippen MR) is 190 cm³/mol. The highest BCUT2D eigenvalue weighted by Gasteiger charge is 2.21. The second-order valence-electron chi connectivity index (χ2n) is 10.9. The molecule has 0 aromatic heterocycles. The van der Waals surface area contributed by atoms with Gasteiger partial charge < -0.3 is 14.2 Å². The van der Waals surface area contributed by atoms with Gasteiger partial charge in [0.25, 0.3) is 0 Å². The molecule has 2 aliphatic carbocycles. The number of esters is 3. The van der Waals surface area contributed by atoms with Gasteiger partial charge in [0.05, 0.1) is 31.0 Å². The first-order chi connectivity index (χ1) is 22.8. The van der Waals surface area contributed by atoms with Crippen molar-refractivity contribution in [2.75, 3.05) is 19.8 Å². The van der Waals surface area contributed by atoms with Crippen LogP contribution in [0.1, 0.15) is 78.1 Å². The Morgan fingerprint density at radius 3 is 1.96 bits per heavy atom. The lowest BCUT2D eigenvalue weighted by molar-refractivity contribution is -0.140. The molecule has 0 atom stereocenters. The quantitative estimate of drug-likeness (QED) is 0.0396. The van der Waals surface area contributed by atoms with Gasteiger partial charge in [-0.1, -0.05) is 62.6 Å². The third-order valence-corrected chi connectivity index (χ3v) is 8.12. The van der Waals surface area contributed by atoms with Gasteiger partial charge in [0.15, 0.2) is 0 Å². The van der Waals surface area contributed by atoms with Gasteiger partial charge in [-0.3, -0.25) is 4.79 Å². The molecule has 7 nitrogen and oxygen atoms in total. The van der Waals surface area contributed by atoms with E-state index in [1.54, 1.807) is 30.4 Å². The normalized spacial score (nSPS) is 14.8. The zero-order valence-electron chi connectivity index (χ0n) is 27.9. The molecule has 0 aliphatic heterocycles. The van der Waals surface area contributed by atoms with Gasteiger partial charge in [0.2, 0.25) is 0 Å². The monoisotopic (exact) mass is 660 g/mol. The van der Waals surface area contributed by atoms with Crippen molar-refractivity contribution in [1.29, 1.82) is 0 Å². The molecule has 0 saturated heterocycles. The van der Waals surface area contributed by atoms with Crippen LogP contribution in [-0.4, -0.2) is 44.0 Å². The molecule has 0 unspecified atom stereocenters. The third-order valence-electron chi connectivity index (χ3n) is 7.02. The van der Waals surface area contributed by atoms with E-state index in [1.165, 1.54) is 11.8 Å². The molecule has 0 N–H and O–H groups in total. The van der Waals surface area contributed by atoms with E-state index in [1.807, 2.05) is 38.2 Å². The highest BCUT2D eigenvalue weighted by atomic mass is 32.2. The number of rotatable bonds is 21. The number of unbranched alkanes of at least 4 members (excludes halogenated alkanes) is 4. The van der Waals surface area contributed by atoms with Crippen molar-refractivity contribution >= 4 is 36.0 Å². The van der Waals surface area contributed by atoms with Crippen LogP contribution in [0.5, 0.6) is 0 Å². The molecule has 0 radical (unpaired) electrons. The van der Waals surface area contributed by atoms with Crippen molar-refractivity contribution in [2.24, 2.45) is 0 Å². The Hall–Kier alpha value is -4.17. The summed E-state index contributed by atoms with van der Waals surface area (Å²) in [5, 5.41) is 0. The van der Waals surface area contributed by atoms with E-state index in [0.717, 1.165) is 49.7 Å². The molecule has 47 heavy (non-hydrogen) atoms. The fraction of sp³-hybridized carbons (Fsp3) is 0.385. The van der Waals surface area contributed by atoms with Gasteiger partial charge in [0, 0.05) is 15.4 Å². The minimum Gasteiger partial charge on any atom is -0.462 e. The van der Waals surface area contributed by atoms with Crippen LogP contribution in [0, 0.1) is 0 Å². The molecule has 252 valence electrons. The van der Waals surface area contributed by atoms with Crippen LogP contribution in [0.25, 0.3) is 0 Å². The summed E-state index contributed by atoms with van der Waals surface area (Å²) in [6, 6.07) is 0. The minimum absolute atomic E-state index is 0.203. The van der Waals surface area contributed by atoms with Crippen LogP contribution in [0.4, 0.5) is 0 Å². The Bertz CT molecular complexity index is 1400. The summed E-state index contributed by atoms with van der Waals surface area (Å²) in [5.74, 6) is -1.42. The first-order valence-electron chi connectivity index (χ1n) is 16.3. The van der Waals surface area contributed by atoms with Crippen LogP contribution in [0.2, 0.25) is 0 Å². The summed E-state index contributed by atoms with van der Waals surface area (Å²) >= 11 is 1.35.